The van der Waals surface area contributed by atoms with Gasteiger partial charge in [-0.05, 0) is 63.0 Å². The van der Waals surface area contributed by atoms with Gasteiger partial charge in [0.05, 0.1) is 13.2 Å². The quantitative estimate of drug-likeness (QED) is 0.919. The van der Waals surface area contributed by atoms with Crippen LogP contribution in [-0.2, 0) is 4.79 Å². The molecular weight excluding hydrogens is 252 g/mol. The molecule has 4 heteroatoms. The Morgan fingerprint density at radius 2 is 1.90 bits per heavy atom. The molecular formula is C16H24N2O2. The first-order chi connectivity index (χ1) is 9.60. The number of amides is 1. The molecule has 1 atom stereocenters. The molecule has 1 heterocycles. The molecule has 0 aromatic heterocycles. The molecule has 1 aromatic carbocycles. The minimum Gasteiger partial charge on any atom is -0.497 e. The van der Waals surface area contributed by atoms with Crippen LogP contribution in [0.5, 0.6) is 5.75 Å². The fourth-order valence-corrected chi connectivity index (χ4v) is 2.50. The smallest absolute Gasteiger partial charge is 0.241 e. The van der Waals surface area contributed by atoms with Crippen molar-refractivity contribution >= 4 is 11.6 Å². The van der Waals surface area contributed by atoms with E-state index in [4.69, 9.17) is 4.74 Å². The average molecular weight is 276 g/mol. The maximum absolute atomic E-state index is 12.3. The van der Waals surface area contributed by atoms with E-state index in [2.05, 4.69) is 17.1 Å². The fourth-order valence-electron chi connectivity index (χ4n) is 2.50. The molecule has 1 aliphatic heterocycles. The van der Waals surface area contributed by atoms with Gasteiger partial charge in [-0.1, -0.05) is 6.92 Å². The Bertz CT molecular complexity index is 436. The lowest BCUT2D eigenvalue weighted by molar-refractivity contribution is -0.121. The molecule has 0 unspecified atom stereocenters. The predicted molar refractivity (Wildman–Crippen MR) is 81.1 cm³/mol. The molecule has 1 amide bonds. The Morgan fingerprint density at radius 3 is 2.45 bits per heavy atom. The SMILES string of the molecule is COc1ccc(NC(=O)[C@H](C)N2CCC(C)CC2)cc1. The van der Waals surface area contributed by atoms with Gasteiger partial charge in [0.15, 0.2) is 0 Å². The second kappa shape index (κ2) is 6.75. The van der Waals surface area contributed by atoms with Gasteiger partial charge in [0.1, 0.15) is 5.75 Å². The summed E-state index contributed by atoms with van der Waals surface area (Å²) in [5.74, 6) is 1.63. The summed E-state index contributed by atoms with van der Waals surface area (Å²) >= 11 is 0. The van der Waals surface area contributed by atoms with Gasteiger partial charge in [-0.3, -0.25) is 9.69 Å². The predicted octanol–water partition coefficient (Wildman–Crippen LogP) is 2.75. The number of likely N-dealkylation sites (tertiary alicyclic amines) is 1. The van der Waals surface area contributed by atoms with Crippen molar-refractivity contribution in [2.75, 3.05) is 25.5 Å². The van der Waals surface area contributed by atoms with Crippen LogP contribution in [0.4, 0.5) is 5.69 Å². The van der Waals surface area contributed by atoms with Crippen LogP contribution in [0.15, 0.2) is 24.3 Å². The van der Waals surface area contributed by atoms with Crippen molar-refractivity contribution in [3.05, 3.63) is 24.3 Å². The summed E-state index contributed by atoms with van der Waals surface area (Å²) in [4.78, 5) is 14.5. The zero-order valence-corrected chi connectivity index (χ0v) is 12.6. The lowest BCUT2D eigenvalue weighted by atomic mass is 9.98. The summed E-state index contributed by atoms with van der Waals surface area (Å²) in [6.45, 7) is 6.28. The van der Waals surface area contributed by atoms with E-state index in [1.54, 1.807) is 7.11 Å². The number of piperidine rings is 1. The molecule has 0 aliphatic carbocycles. The van der Waals surface area contributed by atoms with Crippen molar-refractivity contribution in [3.63, 3.8) is 0 Å². The van der Waals surface area contributed by atoms with Gasteiger partial charge in [-0.25, -0.2) is 0 Å². The zero-order valence-electron chi connectivity index (χ0n) is 12.6. The van der Waals surface area contributed by atoms with Gasteiger partial charge in [-0.2, -0.15) is 0 Å². The van der Waals surface area contributed by atoms with Crippen LogP contribution in [0.2, 0.25) is 0 Å². The van der Waals surface area contributed by atoms with Crippen LogP contribution in [0, 0.1) is 5.92 Å². The first-order valence-corrected chi connectivity index (χ1v) is 7.29. The summed E-state index contributed by atoms with van der Waals surface area (Å²) in [6.07, 6.45) is 2.36. The second-order valence-corrected chi connectivity index (χ2v) is 5.61. The van der Waals surface area contributed by atoms with Crippen molar-refractivity contribution in [1.82, 2.24) is 4.90 Å². The molecule has 1 N–H and O–H groups in total. The van der Waals surface area contributed by atoms with Crippen molar-refractivity contribution < 1.29 is 9.53 Å². The Labute approximate surface area is 121 Å². The Balaban J connectivity index is 1.89. The molecule has 0 spiro atoms. The largest absolute Gasteiger partial charge is 0.497 e. The van der Waals surface area contributed by atoms with Gasteiger partial charge in [0, 0.05) is 5.69 Å². The number of benzene rings is 1. The molecule has 0 bridgehead atoms. The summed E-state index contributed by atoms with van der Waals surface area (Å²) in [6, 6.07) is 7.35. The molecule has 4 nitrogen and oxygen atoms in total. The second-order valence-electron chi connectivity index (χ2n) is 5.61. The van der Waals surface area contributed by atoms with Gasteiger partial charge in [0.2, 0.25) is 5.91 Å². The van der Waals surface area contributed by atoms with Crippen LogP contribution in [0.25, 0.3) is 0 Å². The number of carbonyl (C=O) groups excluding carboxylic acids is 1. The summed E-state index contributed by atoms with van der Waals surface area (Å²) in [5, 5.41) is 2.97. The van der Waals surface area contributed by atoms with Crippen LogP contribution in [0.1, 0.15) is 26.7 Å². The number of methoxy groups -OCH3 is 1. The van der Waals surface area contributed by atoms with E-state index in [1.165, 1.54) is 12.8 Å². The minimum absolute atomic E-state index is 0.0599. The summed E-state index contributed by atoms with van der Waals surface area (Å²) < 4.78 is 5.11. The third kappa shape index (κ3) is 3.73. The Morgan fingerprint density at radius 1 is 1.30 bits per heavy atom. The van der Waals surface area contributed by atoms with E-state index < -0.39 is 0 Å². The first kappa shape index (κ1) is 14.9. The van der Waals surface area contributed by atoms with Gasteiger partial charge >= 0.3 is 0 Å². The summed E-state index contributed by atoms with van der Waals surface area (Å²) in [7, 11) is 1.63. The van der Waals surface area contributed by atoms with Crippen LogP contribution >= 0.6 is 0 Å². The maximum Gasteiger partial charge on any atom is 0.241 e. The van der Waals surface area contributed by atoms with Crippen molar-refractivity contribution in [2.24, 2.45) is 5.92 Å². The topological polar surface area (TPSA) is 41.6 Å². The first-order valence-electron chi connectivity index (χ1n) is 7.29. The molecule has 2 rings (SSSR count). The number of anilines is 1. The minimum atomic E-state index is -0.0791. The maximum atomic E-state index is 12.3. The van der Waals surface area contributed by atoms with Crippen LogP contribution in [-0.4, -0.2) is 37.0 Å². The highest BCUT2D eigenvalue weighted by atomic mass is 16.5. The van der Waals surface area contributed by atoms with Crippen molar-refractivity contribution in [3.8, 4) is 5.75 Å². The monoisotopic (exact) mass is 276 g/mol. The van der Waals surface area contributed by atoms with E-state index in [0.29, 0.717) is 0 Å². The molecule has 1 saturated heterocycles. The standard InChI is InChI=1S/C16H24N2O2/c1-12-8-10-18(11-9-12)13(2)16(19)17-14-4-6-15(20-3)7-5-14/h4-7,12-13H,8-11H2,1-3H3,(H,17,19)/t13-/m0/s1. The number of carbonyl (C=O) groups is 1. The fraction of sp³-hybridized carbons (Fsp3) is 0.562. The molecule has 1 fully saturated rings. The van der Waals surface area contributed by atoms with E-state index >= 15 is 0 Å². The molecule has 110 valence electrons. The normalized spacial score (nSPS) is 18.6. The number of nitrogens with one attached hydrogen (secondary N) is 1. The zero-order chi connectivity index (χ0) is 14.5. The lowest BCUT2D eigenvalue weighted by Gasteiger charge is -2.34. The van der Waals surface area contributed by atoms with E-state index in [0.717, 1.165) is 30.4 Å². The molecule has 1 aromatic rings. The number of nitrogens with zero attached hydrogens (tertiary/aromatic N) is 1. The number of hydrogen-bond donors (Lipinski definition) is 1. The third-order valence-corrected chi connectivity index (χ3v) is 4.10. The number of hydrogen-bond acceptors (Lipinski definition) is 3. The van der Waals surface area contributed by atoms with Crippen molar-refractivity contribution in [1.29, 1.82) is 0 Å². The molecule has 1 aliphatic rings. The van der Waals surface area contributed by atoms with E-state index in [-0.39, 0.29) is 11.9 Å². The van der Waals surface area contributed by atoms with Gasteiger partial charge < -0.3 is 10.1 Å². The molecule has 20 heavy (non-hydrogen) atoms. The molecule has 0 saturated carbocycles. The summed E-state index contributed by atoms with van der Waals surface area (Å²) in [5.41, 5.74) is 0.813. The average Bonchev–Trinajstić information content (AvgIpc) is 2.48. The lowest BCUT2D eigenvalue weighted by Crippen LogP contribution is -2.45. The Kier molecular flexibility index (Phi) is 5.01. The number of rotatable bonds is 4. The highest BCUT2D eigenvalue weighted by molar-refractivity contribution is 5.94. The third-order valence-electron chi connectivity index (χ3n) is 4.10. The van der Waals surface area contributed by atoms with E-state index in [9.17, 15) is 4.79 Å². The molecule has 0 radical (unpaired) electrons. The number of ether oxygens (including phenoxy) is 1. The van der Waals surface area contributed by atoms with Crippen LogP contribution in [0.3, 0.4) is 0 Å². The van der Waals surface area contributed by atoms with Gasteiger partial charge in [0.25, 0.3) is 0 Å². The Hall–Kier alpha value is -1.55. The van der Waals surface area contributed by atoms with Gasteiger partial charge in [-0.15, -0.1) is 0 Å². The van der Waals surface area contributed by atoms with Crippen LogP contribution < -0.4 is 10.1 Å². The van der Waals surface area contributed by atoms with Crippen molar-refractivity contribution in [2.45, 2.75) is 32.7 Å². The highest BCUT2D eigenvalue weighted by Crippen LogP contribution is 2.19. The van der Waals surface area contributed by atoms with E-state index in [1.807, 2.05) is 31.2 Å². The highest BCUT2D eigenvalue weighted by Gasteiger charge is 2.24.